The maximum Gasteiger partial charge on any atom is 0.188 e. The number of aryl methyl sites for hydroxylation is 1. The molecule has 0 unspecified atom stereocenters. The summed E-state index contributed by atoms with van der Waals surface area (Å²) in [7, 11) is 1.67. The molecule has 17 heteroatoms. The second kappa shape index (κ2) is 49.4. The molecule has 16 rings (SSSR count). The van der Waals surface area contributed by atoms with Crippen LogP contribution in [0, 0.1) is 37.3 Å². The maximum absolute atomic E-state index is 15.6. The van der Waals surface area contributed by atoms with Gasteiger partial charge in [-0.05, 0) is 275 Å². The zero-order valence-electron chi connectivity index (χ0n) is 82.9. The van der Waals surface area contributed by atoms with Crippen molar-refractivity contribution in [2.45, 2.75) is 246 Å². The Morgan fingerprint density at radius 1 is 0.288 bits per heavy atom. The van der Waals surface area contributed by atoms with Gasteiger partial charge in [0.1, 0.15) is 63.5 Å². The minimum Gasteiger partial charge on any atom is -0.505 e. The standard InChI is InChI=1S/C74H82F2N2O4.C32H41NO2.C16H14F2I2O2/c1-7-9-11-13-15-25-41-73(3,4)51-45-61(71(79)67(47-51)77-63-33-21-17-29-55(63)56-30-18-22-34-64(56)77)59-49-53(75)37-39-69(59)81-43-27-28-44-82-70-40-38-54(76)50-60(70)62-46-52(74(5,6)42-26-16-14-12-10-8-2)48-68(72(62)80)78-65-35-23-19-31-57(65)58-32-20-24-36-66(58)78;1-6-7-8-9-10-15-20-32(3,4)25-21-24(2)31(35-23-34-5)30(22-25)33-28-18-13-11-16-26(28)27-17-12-14-19-29(27)33;17-11-3-5-15(13(19)9-11)21-7-1-2-8-22-16-6-4-12(18)10-14(16)20/h17-24,29-40,45-50,79-80H,7-16,25-28,41-44H2,1-6H3;11-14,16-19,21-22H,6-10,15,20,23H2,1-5H3;3-6,9-10H,1-2,7-8H2. The molecular formula is C122H137F4I2N3O8. The van der Waals surface area contributed by atoms with Gasteiger partial charge in [-0.2, -0.15) is 0 Å². The van der Waals surface area contributed by atoms with E-state index in [0.717, 1.165) is 130 Å². The van der Waals surface area contributed by atoms with E-state index in [1.807, 2.05) is 106 Å². The van der Waals surface area contributed by atoms with Gasteiger partial charge >= 0.3 is 0 Å². The van der Waals surface area contributed by atoms with Gasteiger partial charge in [0, 0.05) is 61.7 Å². The number of fused-ring (bicyclic) bond motifs is 9. The highest BCUT2D eigenvalue weighted by Crippen LogP contribution is 2.50. The summed E-state index contributed by atoms with van der Waals surface area (Å²) >= 11 is 4.09. The summed E-state index contributed by atoms with van der Waals surface area (Å²) in [5, 5.41) is 32.1. The van der Waals surface area contributed by atoms with Crippen LogP contribution in [0.4, 0.5) is 17.6 Å². The Bertz CT molecular complexity index is 6340. The van der Waals surface area contributed by atoms with Crippen LogP contribution in [0.3, 0.4) is 0 Å². The van der Waals surface area contributed by atoms with Gasteiger partial charge in [-0.3, -0.25) is 0 Å². The lowest BCUT2D eigenvalue weighted by molar-refractivity contribution is 0.0506. The number of ether oxygens (including phenoxy) is 6. The number of benzene rings is 13. The first-order valence-corrected chi connectivity index (χ1v) is 52.5. The molecule has 2 N–H and O–H groups in total. The Kier molecular flexibility index (Phi) is 36.9. The van der Waals surface area contributed by atoms with E-state index in [-0.39, 0.29) is 46.2 Å². The van der Waals surface area contributed by atoms with E-state index in [0.29, 0.717) is 95.9 Å². The van der Waals surface area contributed by atoms with E-state index in [1.54, 1.807) is 31.4 Å². The van der Waals surface area contributed by atoms with Crippen molar-refractivity contribution in [2.75, 3.05) is 40.3 Å². The fourth-order valence-electron chi connectivity index (χ4n) is 19.4. The molecule has 0 spiro atoms. The summed E-state index contributed by atoms with van der Waals surface area (Å²) in [4.78, 5) is 0. The average molecular weight is 2100 g/mol. The van der Waals surface area contributed by atoms with Crippen molar-refractivity contribution in [3.8, 4) is 79.6 Å². The summed E-state index contributed by atoms with van der Waals surface area (Å²) in [6.07, 6.45) is 28.2. The predicted molar refractivity (Wildman–Crippen MR) is 585 cm³/mol. The molecule has 0 aliphatic rings. The minimum absolute atomic E-state index is 0.0460. The Balaban J connectivity index is 0.000000219. The third-order valence-corrected chi connectivity index (χ3v) is 29.1. The molecule has 11 nitrogen and oxygen atoms in total. The normalized spacial score (nSPS) is 11.9. The Morgan fingerprint density at radius 3 is 0.863 bits per heavy atom. The number of unbranched alkanes of at least 4 members (excludes halogenated alkanes) is 17. The van der Waals surface area contributed by atoms with Gasteiger partial charge in [-0.25, -0.2) is 17.6 Å². The number of phenols is 2. The number of halogens is 6. The molecule has 0 radical (unpaired) electrons. The fourth-order valence-corrected chi connectivity index (χ4v) is 20.7. The van der Waals surface area contributed by atoms with Gasteiger partial charge in [-0.1, -0.05) is 293 Å². The van der Waals surface area contributed by atoms with Crippen molar-refractivity contribution in [3.63, 3.8) is 0 Å². The number of hydrogen-bond donors (Lipinski definition) is 2. The van der Waals surface area contributed by atoms with Crippen LogP contribution in [-0.2, 0) is 21.0 Å². The highest BCUT2D eigenvalue weighted by atomic mass is 127. The van der Waals surface area contributed by atoms with E-state index in [2.05, 4.69) is 204 Å². The smallest absolute Gasteiger partial charge is 0.188 e. The molecule has 16 aromatic rings. The van der Waals surface area contributed by atoms with Crippen molar-refractivity contribution in [1.29, 1.82) is 0 Å². The lowest BCUT2D eigenvalue weighted by atomic mass is 9.78. The monoisotopic (exact) mass is 2100 g/mol. The van der Waals surface area contributed by atoms with Crippen molar-refractivity contribution < 1.29 is 56.2 Å². The summed E-state index contributed by atoms with van der Waals surface area (Å²) in [6, 6.07) is 81.4. The number of hydrogen-bond acceptors (Lipinski definition) is 8. The van der Waals surface area contributed by atoms with E-state index in [4.69, 9.17) is 28.4 Å². The third kappa shape index (κ3) is 25.7. The highest BCUT2D eigenvalue weighted by Gasteiger charge is 2.32. The van der Waals surface area contributed by atoms with Gasteiger partial charge in [-0.15, -0.1) is 0 Å². The van der Waals surface area contributed by atoms with Crippen molar-refractivity contribution >= 4 is 111 Å². The predicted octanol–water partition coefficient (Wildman–Crippen LogP) is 35.7. The maximum atomic E-state index is 15.6. The minimum atomic E-state index is -0.430. The van der Waals surface area contributed by atoms with Crippen LogP contribution in [0.2, 0.25) is 0 Å². The van der Waals surface area contributed by atoms with E-state index in [9.17, 15) is 19.0 Å². The van der Waals surface area contributed by atoms with Gasteiger partial charge in [0.2, 0.25) is 0 Å². The molecule has 730 valence electrons. The van der Waals surface area contributed by atoms with Crippen LogP contribution in [0.1, 0.15) is 245 Å². The Labute approximate surface area is 847 Å². The lowest BCUT2D eigenvalue weighted by Gasteiger charge is -2.28. The molecule has 3 heterocycles. The number of nitrogens with zero attached hydrogens (tertiary/aromatic N) is 3. The summed E-state index contributed by atoms with van der Waals surface area (Å²) in [5.41, 5.74) is 14.8. The number of rotatable bonds is 46. The quantitative estimate of drug-likeness (QED) is 0.0168. The molecule has 0 fully saturated rings. The van der Waals surface area contributed by atoms with Gasteiger partial charge < -0.3 is 52.3 Å². The summed E-state index contributed by atoms with van der Waals surface area (Å²) in [6.45, 7) is 24.7. The van der Waals surface area contributed by atoms with E-state index >= 15 is 8.78 Å². The van der Waals surface area contributed by atoms with Gasteiger partial charge in [0.15, 0.2) is 6.79 Å². The first-order chi connectivity index (χ1) is 67.3. The molecule has 0 amide bonds. The topological polar surface area (TPSA) is 111 Å². The van der Waals surface area contributed by atoms with Crippen LogP contribution < -0.4 is 23.7 Å². The fraction of sp³-hybridized carbons (Fsp3) is 0.361. The molecule has 139 heavy (non-hydrogen) atoms. The lowest BCUT2D eigenvalue weighted by Crippen LogP contribution is -2.18. The Hall–Kier alpha value is -11.0. The largest absolute Gasteiger partial charge is 0.505 e. The summed E-state index contributed by atoms with van der Waals surface area (Å²) in [5.74, 6) is 1.90. The molecule has 0 saturated heterocycles. The van der Waals surface area contributed by atoms with Gasteiger partial charge in [0.25, 0.3) is 0 Å². The van der Waals surface area contributed by atoms with Crippen LogP contribution in [0.5, 0.6) is 40.2 Å². The number of aromatic nitrogens is 3. The van der Waals surface area contributed by atoms with Crippen LogP contribution in [0.25, 0.3) is 105 Å². The first kappa shape index (κ1) is 104. The molecule has 3 aromatic heterocycles. The average Bonchev–Trinajstić information content (AvgIpc) is 1.61. The van der Waals surface area contributed by atoms with Crippen molar-refractivity contribution in [3.05, 3.63) is 307 Å². The molecule has 0 bridgehead atoms. The first-order valence-electron chi connectivity index (χ1n) is 50.3. The molecule has 13 aromatic carbocycles. The number of methoxy groups -OCH3 is 1. The van der Waals surface area contributed by atoms with Crippen LogP contribution in [0.15, 0.2) is 255 Å². The number of para-hydroxylation sites is 6. The van der Waals surface area contributed by atoms with Gasteiger partial charge in [0.05, 0.1) is 83.7 Å². The molecule has 0 saturated carbocycles. The second-order valence-electron chi connectivity index (χ2n) is 39.0. The number of aromatic hydroxyl groups is 2. The molecule has 0 aliphatic carbocycles. The Morgan fingerprint density at radius 2 is 0.554 bits per heavy atom. The number of phenolic OH excluding ortho intramolecular Hbond substituents is 2. The van der Waals surface area contributed by atoms with Crippen molar-refractivity contribution in [1.82, 2.24) is 13.7 Å². The SMILES string of the molecule is CCCCCCCCC(C)(C)c1cc(-c2cc(F)ccc2OCCCCOc2ccc(F)cc2-c2cc(C(C)(C)CCCCCCCC)cc(-n3c4ccccc4c4ccccc43)c2O)c(O)c(-n2c3ccccc3c3ccccc32)c1.CCCCCCCCC(C)(C)c1cc(C)c(OCOC)c(-n2c3ccccc3c3ccccc32)c1.Fc1ccc(OCCCCOc2ccc(F)cc2I)c(I)c1. The zero-order chi connectivity index (χ0) is 98.2. The van der Waals surface area contributed by atoms with Crippen LogP contribution >= 0.6 is 45.2 Å². The zero-order valence-corrected chi connectivity index (χ0v) is 87.2. The molecule has 0 aliphatic heterocycles. The van der Waals surface area contributed by atoms with Crippen molar-refractivity contribution in [2.24, 2.45) is 0 Å². The third-order valence-electron chi connectivity index (χ3n) is 27.4. The van der Waals surface area contributed by atoms with E-state index < -0.39 is 11.6 Å². The highest BCUT2D eigenvalue weighted by molar-refractivity contribution is 14.1. The molecule has 0 atom stereocenters. The summed E-state index contributed by atoms with van der Waals surface area (Å²) < 4.78 is 101. The van der Waals surface area contributed by atoms with Crippen LogP contribution in [-0.4, -0.2) is 64.2 Å². The molecular weight excluding hydrogens is 1970 g/mol. The van der Waals surface area contributed by atoms with E-state index in [1.165, 1.54) is 172 Å². The second-order valence-corrected chi connectivity index (χ2v) is 41.4.